The summed E-state index contributed by atoms with van der Waals surface area (Å²) in [6.45, 7) is 7.43. The van der Waals surface area contributed by atoms with Crippen LogP contribution in [0.3, 0.4) is 0 Å². The van der Waals surface area contributed by atoms with Gasteiger partial charge in [-0.15, -0.1) is 0 Å². The van der Waals surface area contributed by atoms with E-state index in [9.17, 15) is 10.2 Å². The van der Waals surface area contributed by atoms with Crippen LogP contribution in [0.1, 0.15) is 85.0 Å². The van der Waals surface area contributed by atoms with E-state index < -0.39 is 5.60 Å². The number of rotatable bonds is 4. The average Bonchev–Trinajstić information content (AvgIpc) is 2.99. The molecule has 3 nitrogen and oxygen atoms in total. The topological polar surface area (TPSA) is 49.7 Å². The lowest BCUT2D eigenvalue weighted by atomic mass is 9.42. The molecular weight excluding hydrogens is 336 g/mol. The van der Waals surface area contributed by atoms with Crippen molar-refractivity contribution in [2.75, 3.05) is 13.7 Å². The Morgan fingerprint density at radius 2 is 1.81 bits per heavy atom. The van der Waals surface area contributed by atoms with Crippen LogP contribution < -0.4 is 0 Å². The van der Waals surface area contributed by atoms with E-state index in [4.69, 9.17) is 4.74 Å². The summed E-state index contributed by atoms with van der Waals surface area (Å²) in [7, 11) is 1.72. The van der Waals surface area contributed by atoms with Crippen LogP contribution in [0, 0.1) is 40.4 Å². The Bertz CT molecular complexity index is 548. The van der Waals surface area contributed by atoms with Gasteiger partial charge >= 0.3 is 0 Å². The van der Waals surface area contributed by atoms with Crippen molar-refractivity contribution in [2.45, 2.75) is 96.7 Å². The Morgan fingerprint density at radius 1 is 1.04 bits per heavy atom. The minimum absolute atomic E-state index is 0.160. The maximum absolute atomic E-state index is 11.1. The van der Waals surface area contributed by atoms with Crippen LogP contribution in [0.4, 0.5) is 0 Å². The summed E-state index contributed by atoms with van der Waals surface area (Å²) in [5.41, 5.74) is 0.189. The van der Waals surface area contributed by atoms with Crippen LogP contribution in [-0.2, 0) is 4.74 Å². The Labute approximate surface area is 166 Å². The zero-order valence-corrected chi connectivity index (χ0v) is 18.0. The predicted octanol–water partition coefficient (Wildman–Crippen LogP) is 4.79. The third-order valence-electron chi connectivity index (χ3n) is 10.2. The van der Waals surface area contributed by atoms with Crippen molar-refractivity contribution in [2.24, 2.45) is 40.4 Å². The minimum atomic E-state index is -0.598. The van der Waals surface area contributed by atoms with Gasteiger partial charge in [0.05, 0.1) is 18.3 Å². The van der Waals surface area contributed by atoms with Gasteiger partial charge in [0.15, 0.2) is 0 Å². The van der Waals surface area contributed by atoms with Gasteiger partial charge in [-0.25, -0.2) is 0 Å². The summed E-state index contributed by atoms with van der Waals surface area (Å²) < 4.78 is 5.37. The average molecular weight is 379 g/mol. The zero-order valence-electron chi connectivity index (χ0n) is 18.0. The van der Waals surface area contributed by atoms with Crippen LogP contribution in [-0.4, -0.2) is 35.6 Å². The smallest absolute Gasteiger partial charge is 0.0883 e. The van der Waals surface area contributed by atoms with Crippen molar-refractivity contribution in [3.05, 3.63) is 0 Å². The molecule has 0 radical (unpaired) electrons. The number of hydrogen-bond donors (Lipinski definition) is 2. The van der Waals surface area contributed by atoms with Gasteiger partial charge in [0, 0.05) is 7.11 Å². The van der Waals surface area contributed by atoms with E-state index >= 15 is 0 Å². The van der Waals surface area contributed by atoms with E-state index in [0.717, 1.165) is 30.6 Å². The van der Waals surface area contributed by atoms with E-state index in [2.05, 4.69) is 13.8 Å². The molecule has 1 unspecified atom stereocenters. The van der Waals surface area contributed by atoms with Gasteiger partial charge in [0.2, 0.25) is 0 Å². The van der Waals surface area contributed by atoms with Crippen LogP contribution in [0.2, 0.25) is 0 Å². The summed E-state index contributed by atoms with van der Waals surface area (Å²) >= 11 is 0. The summed E-state index contributed by atoms with van der Waals surface area (Å²) in [6, 6.07) is 0. The SMILES string of the molecule is CC[C@]12CC[C@](O)(COC)C[C@@H]1CC[C@H]1[C@@H]3CC[C@H](C(C)O)[C@@]3(C)CC[C@@H]12. The lowest BCUT2D eigenvalue weighted by Crippen LogP contribution is -2.57. The molecule has 9 atom stereocenters. The molecule has 0 saturated heterocycles. The van der Waals surface area contributed by atoms with Gasteiger partial charge in [-0.2, -0.15) is 0 Å². The molecule has 3 heteroatoms. The largest absolute Gasteiger partial charge is 0.393 e. The molecular formula is C24H42O3. The maximum atomic E-state index is 11.1. The maximum Gasteiger partial charge on any atom is 0.0883 e. The van der Waals surface area contributed by atoms with Crippen LogP contribution in [0.25, 0.3) is 0 Å². The quantitative estimate of drug-likeness (QED) is 0.739. The highest BCUT2D eigenvalue weighted by atomic mass is 16.5. The second-order valence-corrected chi connectivity index (χ2v) is 11.1. The van der Waals surface area contributed by atoms with E-state index in [0.29, 0.717) is 29.3 Å². The van der Waals surface area contributed by atoms with E-state index in [1.54, 1.807) is 7.11 Å². The van der Waals surface area contributed by atoms with Gasteiger partial charge in [-0.1, -0.05) is 13.8 Å². The van der Waals surface area contributed by atoms with Crippen LogP contribution in [0.15, 0.2) is 0 Å². The Morgan fingerprint density at radius 3 is 2.48 bits per heavy atom. The fraction of sp³-hybridized carbons (Fsp3) is 1.00. The predicted molar refractivity (Wildman–Crippen MR) is 108 cm³/mol. The van der Waals surface area contributed by atoms with Gasteiger partial charge in [-0.3, -0.25) is 0 Å². The molecule has 156 valence electrons. The van der Waals surface area contributed by atoms with E-state index in [1.165, 1.54) is 51.4 Å². The van der Waals surface area contributed by atoms with E-state index in [1.807, 2.05) is 6.92 Å². The zero-order chi connectivity index (χ0) is 19.4. The highest BCUT2D eigenvalue weighted by Crippen LogP contribution is 2.69. The summed E-state index contributed by atoms with van der Waals surface area (Å²) in [5.74, 6) is 3.64. The molecule has 4 aliphatic carbocycles. The van der Waals surface area contributed by atoms with E-state index in [-0.39, 0.29) is 6.10 Å². The van der Waals surface area contributed by atoms with Crippen molar-refractivity contribution >= 4 is 0 Å². The summed E-state index contributed by atoms with van der Waals surface area (Å²) in [6.07, 6.45) is 11.9. The molecule has 4 rings (SSSR count). The first-order chi connectivity index (χ1) is 12.8. The van der Waals surface area contributed by atoms with Crippen molar-refractivity contribution < 1.29 is 14.9 Å². The monoisotopic (exact) mass is 378 g/mol. The molecule has 0 bridgehead atoms. The van der Waals surface area contributed by atoms with Crippen molar-refractivity contribution in [1.82, 2.24) is 0 Å². The number of methoxy groups -OCH3 is 1. The third kappa shape index (κ3) is 2.94. The Hall–Kier alpha value is -0.120. The number of aliphatic hydroxyl groups excluding tert-OH is 1. The number of ether oxygens (including phenoxy) is 1. The van der Waals surface area contributed by atoms with Gasteiger partial charge in [0.1, 0.15) is 0 Å². The molecule has 4 aliphatic rings. The molecule has 4 fully saturated rings. The minimum Gasteiger partial charge on any atom is -0.393 e. The molecule has 0 aliphatic heterocycles. The van der Waals surface area contributed by atoms with Crippen molar-refractivity contribution in [3.63, 3.8) is 0 Å². The summed E-state index contributed by atoms with van der Waals surface area (Å²) in [5, 5.41) is 21.5. The van der Waals surface area contributed by atoms with Gasteiger partial charge < -0.3 is 14.9 Å². The molecule has 0 amide bonds. The number of aliphatic hydroxyl groups is 2. The molecule has 0 aromatic heterocycles. The molecule has 4 saturated carbocycles. The molecule has 0 aromatic carbocycles. The fourth-order valence-electron chi connectivity index (χ4n) is 9.07. The first-order valence-corrected chi connectivity index (χ1v) is 11.7. The van der Waals surface area contributed by atoms with Crippen molar-refractivity contribution in [1.29, 1.82) is 0 Å². The van der Waals surface area contributed by atoms with Crippen molar-refractivity contribution in [3.8, 4) is 0 Å². The Balaban J connectivity index is 1.59. The lowest BCUT2D eigenvalue weighted by molar-refractivity contribution is -0.172. The Kier molecular flexibility index (Phi) is 5.22. The molecule has 2 N–H and O–H groups in total. The third-order valence-corrected chi connectivity index (χ3v) is 10.2. The summed E-state index contributed by atoms with van der Waals surface area (Å²) in [4.78, 5) is 0. The number of hydrogen-bond acceptors (Lipinski definition) is 3. The lowest BCUT2D eigenvalue weighted by Gasteiger charge is -2.63. The fourth-order valence-corrected chi connectivity index (χ4v) is 9.07. The highest BCUT2D eigenvalue weighted by molar-refractivity contribution is 5.11. The molecule has 0 spiro atoms. The molecule has 0 aromatic rings. The normalized spacial score (nSPS) is 53.3. The van der Waals surface area contributed by atoms with Gasteiger partial charge in [-0.05, 0) is 112 Å². The van der Waals surface area contributed by atoms with Crippen LogP contribution >= 0.6 is 0 Å². The molecule has 27 heavy (non-hydrogen) atoms. The van der Waals surface area contributed by atoms with Gasteiger partial charge in [0.25, 0.3) is 0 Å². The first-order valence-electron chi connectivity index (χ1n) is 11.7. The number of fused-ring (bicyclic) bond motifs is 5. The second-order valence-electron chi connectivity index (χ2n) is 11.1. The first kappa shape index (κ1) is 20.2. The van der Waals surface area contributed by atoms with Crippen LogP contribution in [0.5, 0.6) is 0 Å². The second kappa shape index (κ2) is 6.99. The molecule has 0 heterocycles. The highest BCUT2D eigenvalue weighted by Gasteiger charge is 2.62. The standard InChI is InChI=1S/C24H42O3/c1-5-24-13-12-23(26,15-27-4)14-17(24)6-7-18-20-9-8-19(16(2)25)22(20,3)11-10-21(18)24/h16-21,25-26H,5-15H2,1-4H3/t16?,17-,18-,19+,20-,21-,22+,23+,24-/m0/s1.